The van der Waals surface area contributed by atoms with Gasteiger partial charge in [-0.2, -0.15) is 0 Å². The van der Waals surface area contributed by atoms with Gasteiger partial charge in [-0.15, -0.1) is 12.4 Å². The van der Waals surface area contributed by atoms with Crippen LogP contribution in [-0.2, 0) is 9.59 Å². The lowest BCUT2D eigenvalue weighted by Crippen LogP contribution is -2.47. The minimum absolute atomic E-state index is 0. The number of anilines is 1. The second kappa shape index (κ2) is 9.11. The molecule has 6 nitrogen and oxygen atoms in total. The fourth-order valence-electron chi connectivity index (χ4n) is 2.71. The van der Waals surface area contributed by atoms with Crippen molar-refractivity contribution in [1.82, 2.24) is 4.90 Å². The second-order valence-corrected chi connectivity index (χ2v) is 6.09. The van der Waals surface area contributed by atoms with Gasteiger partial charge in [0.05, 0.1) is 24.8 Å². The molecule has 1 atom stereocenters. The van der Waals surface area contributed by atoms with E-state index in [1.54, 1.807) is 18.2 Å². The van der Waals surface area contributed by atoms with Crippen LogP contribution in [0.2, 0.25) is 5.02 Å². The van der Waals surface area contributed by atoms with Crippen molar-refractivity contribution in [1.29, 1.82) is 0 Å². The van der Waals surface area contributed by atoms with Gasteiger partial charge in [0.25, 0.3) is 0 Å². The zero-order valence-electron chi connectivity index (χ0n) is 13.6. The van der Waals surface area contributed by atoms with Crippen LogP contribution in [0.1, 0.15) is 19.8 Å². The number of nitrogens with one attached hydrogen (secondary N) is 1. The molecule has 1 aromatic carbocycles. The van der Waals surface area contributed by atoms with E-state index in [2.05, 4.69) is 5.32 Å². The third kappa shape index (κ3) is 5.00. The van der Waals surface area contributed by atoms with E-state index in [1.807, 2.05) is 11.8 Å². The molecule has 1 amide bonds. The van der Waals surface area contributed by atoms with Crippen molar-refractivity contribution >= 4 is 41.6 Å². The number of rotatable bonds is 5. The standard InChI is InChI=1S/C16H21ClN2O4.ClH/c1-10(19-7-5-11(6-8-19)16(21)22)15(20)18-13-9-12(17)3-4-14(13)23-2;/h3-4,9-11H,5-8H2,1-2H3,(H,18,20)(H,21,22);1H. The highest BCUT2D eigenvalue weighted by Crippen LogP contribution is 2.28. The minimum Gasteiger partial charge on any atom is -0.495 e. The SMILES string of the molecule is COc1ccc(Cl)cc1NC(=O)C(C)N1CCC(C(=O)O)CC1.Cl. The number of likely N-dealkylation sites (tertiary alicyclic amines) is 1. The summed E-state index contributed by atoms with van der Waals surface area (Å²) < 4.78 is 5.21. The zero-order valence-corrected chi connectivity index (χ0v) is 15.2. The Morgan fingerprint density at radius 2 is 2.00 bits per heavy atom. The summed E-state index contributed by atoms with van der Waals surface area (Å²) in [5, 5.41) is 12.4. The normalized spacial score (nSPS) is 16.8. The number of carbonyl (C=O) groups excluding carboxylic acids is 1. The van der Waals surface area contributed by atoms with E-state index in [9.17, 15) is 9.59 Å². The number of benzene rings is 1. The molecule has 8 heteroatoms. The summed E-state index contributed by atoms with van der Waals surface area (Å²) in [5.41, 5.74) is 0.525. The van der Waals surface area contributed by atoms with Crippen LogP contribution in [0, 0.1) is 5.92 Å². The van der Waals surface area contributed by atoms with Crippen LogP contribution in [0.15, 0.2) is 18.2 Å². The molecule has 2 N–H and O–H groups in total. The van der Waals surface area contributed by atoms with Gasteiger partial charge >= 0.3 is 5.97 Å². The number of halogens is 2. The van der Waals surface area contributed by atoms with E-state index < -0.39 is 5.97 Å². The number of carboxylic acid groups (broad SMARTS) is 1. The Labute approximate surface area is 152 Å². The van der Waals surface area contributed by atoms with Crippen molar-refractivity contribution in [2.75, 3.05) is 25.5 Å². The Morgan fingerprint density at radius 3 is 2.54 bits per heavy atom. The van der Waals surface area contributed by atoms with Gasteiger partial charge in [0.2, 0.25) is 5.91 Å². The first-order valence-electron chi connectivity index (χ1n) is 7.53. The van der Waals surface area contributed by atoms with Crippen molar-refractivity contribution in [3.8, 4) is 5.75 Å². The molecule has 0 aliphatic carbocycles. The van der Waals surface area contributed by atoms with Gasteiger partial charge in [-0.1, -0.05) is 11.6 Å². The van der Waals surface area contributed by atoms with Gasteiger partial charge in [0, 0.05) is 5.02 Å². The fraction of sp³-hybridized carbons (Fsp3) is 0.500. The molecule has 0 radical (unpaired) electrons. The molecule has 2 rings (SSSR count). The van der Waals surface area contributed by atoms with Crippen LogP contribution in [0.5, 0.6) is 5.75 Å². The summed E-state index contributed by atoms with van der Waals surface area (Å²) in [4.78, 5) is 25.4. The van der Waals surface area contributed by atoms with E-state index >= 15 is 0 Å². The minimum atomic E-state index is -0.759. The molecule has 1 aromatic rings. The molecule has 1 aliphatic heterocycles. The molecule has 1 heterocycles. The Hall–Kier alpha value is -1.50. The number of amides is 1. The predicted octanol–water partition coefficient (Wildman–Crippen LogP) is 2.89. The summed E-state index contributed by atoms with van der Waals surface area (Å²) in [6.07, 6.45) is 1.13. The molecule has 0 saturated carbocycles. The predicted molar refractivity (Wildman–Crippen MR) is 95.3 cm³/mol. The van der Waals surface area contributed by atoms with Gasteiger partial charge < -0.3 is 15.2 Å². The Morgan fingerprint density at radius 1 is 1.38 bits per heavy atom. The molecule has 1 fully saturated rings. The van der Waals surface area contributed by atoms with Crippen molar-refractivity contribution in [3.63, 3.8) is 0 Å². The third-order valence-corrected chi connectivity index (χ3v) is 4.46. The number of carboxylic acids is 1. The lowest BCUT2D eigenvalue weighted by molar-refractivity contribution is -0.143. The lowest BCUT2D eigenvalue weighted by atomic mass is 9.96. The average Bonchev–Trinajstić information content (AvgIpc) is 2.54. The largest absolute Gasteiger partial charge is 0.495 e. The number of piperidine rings is 1. The Bertz CT molecular complexity index is 589. The molecule has 0 bridgehead atoms. The Balaban J connectivity index is 0.00000288. The summed E-state index contributed by atoms with van der Waals surface area (Å²) in [6.45, 7) is 3.00. The number of hydrogen-bond donors (Lipinski definition) is 2. The number of carbonyl (C=O) groups is 2. The maximum absolute atomic E-state index is 12.4. The van der Waals surface area contributed by atoms with Crippen LogP contribution in [-0.4, -0.2) is 48.1 Å². The molecular weight excluding hydrogens is 355 g/mol. The summed E-state index contributed by atoms with van der Waals surface area (Å²) in [7, 11) is 1.53. The summed E-state index contributed by atoms with van der Waals surface area (Å²) in [5.74, 6) is -0.696. The maximum atomic E-state index is 12.4. The van der Waals surface area contributed by atoms with Gasteiger partial charge in [0.1, 0.15) is 5.75 Å². The maximum Gasteiger partial charge on any atom is 0.306 e. The van der Waals surface area contributed by atoms with Gasteiger partial charge in [0.15, 0.2) is 0 Å². The molecule has 134 valence electrons. The van der Waals surface area contributed by atoms with Crippen molar-refractivity contribution in [2.24, 2.45) is 5.92 Å². The summed E-state index contributed by atoms with van der Waals surface area (Å²) >= 11 is 5.96. The topological polar surface area (TPSA) is 78.9 Å². The molecule has 1 unspecified atom stereocenters. The van der Waals surface area contributed by atoms with Crippen LogP contribution in [0.25, 0.3) is 0 Å². The van der Waals surface area contributed by atoms with Crippen molar-refractivity contribution in [3.05, 3.63) is 23.2 Å². The van der Waals surface area contributed by atoms with Crippen LogP contribution in [0.3, 0.4) is 0 Å². The monoisotopic (exact) mass is 376 g/mol. The third-order valence-electron chi connectivity index (χ3n) is 4.23. The quantitative estimate of drug-likeness (QED) is 0.825. The lowest BCUT2D eigenvalue weighted by Gasteiger charge is -2.33. The molecule has 24 heavy (non-hydrogen) atoms. The first-order chi connectivity index (χ1) is 10.9. The van der Waals surface area contributed by atoms with Gasteiger partial charge in [-0.05, 0) is 51.1 Å². The highest BCUT2D eigenvalue weighted by atomic mass is 35.5. The van der Waals surface area contributed by atoms with Crippen LogP contribution in [0.4, 0.5) is 5.69 Å². The number of methoxy groups -OCH3 is 1. The van der Waals surface area contributed by atoms with E-state index in [4.69, 9.17) is 21.4 Å². The number of nitrogens with zero attached hydrogens (tertiary/aromatic N) is 1. The van der Waals surface area contributed by atoms with Crippen LogP contribution < -0.4 is 10.1 Å². The number of ether oxygens (including phenoxy) is 1. The van der Waals surface area contributed by atoms with E-state index in [-0.39, 0.29) is 30.3 Å². The molecule has 0 spiro atoms. The zero-order chi connectivity index (χ0) is 17.0. The molecule has 1 aliphatic rings. The average molecular weight is 377 g/mol. The number of hydrogen-bond acceptors (Lipinski definition) is 4. The first-order valence-corrected chi connectivity index (χ1v) is 7.91. The first kappa shape index (κ1) is 20.5. The van der Waals surface area contributed by atoms with E-state index in [0.29, 0.717) is 42.4 Å². The highest BCUT2D eigenvalue weighted by Gasteiger charge is 2.29. The van der Waals surface area contributed by atoms with Crippen molar-refractivity contribution < 1.29 is 19.4 Å². The fourth-order valence-corrected chi connectivity index (χ4v) is 2.89. The van der Waals surface area contributed by atoms with E-state index in [1.165, 1.54) is 7.11 Å². The van der Waals surface area contributed by atoms with Crippen molar-refractivity contribution in [2.45, 2.75) is 25.8 Å². The smallest absolute Gasteiger partial charge is 0.306 e. The van der Waals surface area contributed by atoms with E-state index in [0.717, 1.165) is 0 Å². The molecule has 1 saturated heterocycles. The summed E-state index contributed by atoms with van der Waals surface area (Å²) in [6, 6.07) is 4.67. The van der Waals surface area contributed by atoms with Gasteiger partial charge in [-0.25, -0.2) is 0 Å². The molecular formula is C16H22Cl2N2O4. The highest BCUT2D eigenvalue weighted by molar-refractivity contribution is 6.31. The van der Waals surface area contributed by atoms with Crippen LogP contribution >= 0.6 is 24.0 Å². The second-order valence-electron chi connectivity index (χ2n) is 5.66. The Kier molecular flexibility index (Phi) is 7.79. The molecule has 0 aromatic heterocycles. The number of aliphatic carboxylic acids is 1. The van der Waals surface area contributed by atoms with Gasteiger partial charge in [-0.3, -0.25) is 14.5 Å².